The van der Waals surface area contributed by atoms with Crippen molar-refractivity contribution < 1.29 is 9.15 Å². The van der Waals surface area contributed by atoms with Crippen molar-refractivity contribution in [2.24, 2.45) is 4.99 Å². The minimum atomic E-state index is 0.606. The molecular weight excluding hydrogens is 202 g/mol. The Morgan fingerprint density at radius 3 is 2.94 bits per heavy atom. The molecule has 0 spiro atoms. The van der Waals surface area contributed by atoms with Gasteiger partial charge in [-0.1, -0.05) is 18.2 Å². The maximum atomic E-state index is 5.24. The highest BCUT2D eigenvalue weighted by atomic mass is 16.5. The Hall–Kier alpha value is -2.03. The topological polar surface area (TPSA) is 34.7 Å². The van der Waals surface area contributed by atoms with Gasteiger partial charge in [0, 0.05) is 17.3 Å². The van der Waals surface area contributed by atoms with Gasteiger partial charge in [0.1, 0.15) is 5.75 Å². The zero-order chi connectivity index (χ0) is 11.2. The monoisotopic (exact) mass is 215 g/mol. The highest BCUT2D eigenvalue weighted by Gasteiger charge is 1.98. The first-order valence-corrected chi connectivity index (χ1v) is 5.04. The number of hydrogen-bond donors (Lipinski definition) is 0. The summed E-state index contributed by atoms with van der Waals surface area (Å²) < 4.78 is 10.2. The summed E-state index contributed by atoms with van der Waals surface area (Å²) in [5, 5.41) is 0. The number of ether oxygens (including phenoxy) is 1. The second-order valence-electron chi connectivity index (χ2n) is 3.34. The molecule has 0 N–H and O–H groups in total. The van der Waals surface area contributed by atoms with Crippen LogP contribution in [0.4, 0.5) is 0 Å². The van der Waals surface area contributed by atoms with Crippen molar-refractivity contribution >= 4 is 6.21 Å². The van der Waals surface area contributed by atoms with Crippen LogP contribution in [0.1, 0.15) is 11.1 Å². The van der Waals surface area contributed by atoms with Gasteiger partial charge in [0.25, 0.3) is 0 Å². The Kier molecular flexibility index (Phi) is 3.38. The standard InChI is InChI=1S/C13H13NO2/c1-15-13-5-3-2-4-12(13)9-14-8-11-6-7-16-10-11/h2-8,10H,9H2,1H3. The summed E-state index contributed by atoms with van der Waals surface area (Å²) in [6, 6.07) is 9.73. The minimum Gasteiger partial charge on any atom is -0.496 e. The van der Waals surface area contributed by atoms with Crippen molar-refractivity contribution in [3.63, 3.8) is 0 Å². The van der Waals surface area contributed by atoms with E-state index in [1.54, 1.807) is 25.9 Å². The molecule has 0 saturated heterocycles. The molecule has 3 heteroatoms. The third-order valence-corrected chi connectivity index (χ3v) is 2.24. The second-order valence-corrected chi connectivity index (χ2v) is 3.34. The van der Waals surface area contributed by atoms with Gasteiger partial charge in [-0.3, -0.25) is 4.99 Å². The summed E-state index contributed by atoms with van der Waals surface area (Å²) in [7, 11) is 1.67. The summed E-state index contributed by atoms with van der Waals surface area (Å²) in [6.07, 6.45) is 5.08. The first kappa shape index (κ1) is 10.5. The molecule has 0 aliphatic carbocycles. The van der Waals surface area contributed by atoms with Crippen LogP contribution in [-0.4, -0.2) is 13.3 Å². The third-order valence-electron chi connectivity index (χ3n) is 2.24. The van der Waals surface area contributed by atoms with Gasteiger partial charge < -0.3 is 9.15 Å². The van der Waals surface area contributed by atoms with Crippen molar-refractivity contribution in [2.45, 2.75) is 6.54 Å². The summed E-state index contributed by atoms with van der Waals surface area (Å²) in [5.74, 6) is 0.867. The van der Waals surface area contributed by atoms with Crippen LogP contribution in [0.2, 0.25) is 0 Å². The molecular formula is C13H13NO2. The summed E-state index contributed by atoms with van der Waals surface area (Å²) in [6.45, 7) is 0.606. The number of furan rings is 1. The molecule has 0 bridgehead atoms. The molecule has 1 aromatic heterocycles. The fourth-order valence-electron chi connectivity index (χ4n) is 1.43. The molecule has 2 aromatic rings. The molecule has 0 amide bonds. The van der Waals surface area contributed by atoms with E-state index in [-0.39, 0.29) is 0 Å². The molecule has 1 heterocycles. The molecule has 2 rings (SSSR count). The zero-order valence-corrected chi connectivity index (χ0v) is 9.09. The second kappa shape index (κ2) is 5.16. The largest absolute Gasteiger partial charge is 0.496 e. The van der Waals surface area contributed by atoms with Gasteiger partial charge in [-0.2, -0.15) is 0 Å². The highest BCUT2D eigenvalue weighted by Crippen LogP contribution is 2.17. The number of para-hydroxylation sites is 1. The number of rotatable bonds is 4. The number of methoxy groups -OCH3 is 1. The van der Waals surface area contributed by atoms with Crippen LogP contribution < -0.4 is 4.74 Å². The van der Waals surface area contributed by atoms with Gasteiger partial charge >= 0.3 is 0 Å². The Balaban J connectivity index is 2.04. The normalized spacial score (nSPS) is 10.8. The fourth-order valence-corrected chi connectivity index (χ4v) is 1.43. The van der Waals surface area contributed by atoms with Gasteiger partial charge in [0.2, 0.25) is 0 Å². The number of benzene rings is 1. The molecule has 0 aliphatic rings. The lowest BCUT2D eigenvalue weighted by Crippen LogP contribution is -1.90. The lowest BCUT2D eigenvalue weighted by molar-refractivity contribution is 0.410. The Morgan fingerprint density at radius 1 is 1.31 bits per heavy atom. The van der Waals surface area contributed by atoms with Gasteiger partial charge in [0.15, 0.2) is 0 Å². The summed E-state index contributed by atoms with van der Waals surface area (Å²) in [5.41, 5.74) is 2.04. The fraction of sp³-hybridized carbons (Fsp3) is 0.154. The van der Waals surface area contributed by atoms with E-state index in [2.05, 4.69) is 4.99 Å². The molecule has 16 heavy (non-hydrogen) atoms. The molecule has 0 atom stereocenters. The molecule has 0 saturated carbocycles. The van der Waals surface area contributed by atoms with Crippen LogP contribution in [0.15, 0.2) is 52.3 Å². The van der Waals surface area contributed by atoms with Crippen molar-refractivity contribution in [3.05, 3.63) is 54.0 Å². The third kappa shape index (κ3) is 2.51. The predicted octanol–water partition coefficient (Wildman–Crippen LogP) is 2.91. The molecule has 3 nitrogen and oxygen atoms in total. The Bertz CT molecular complexity index is 461. The van der Waals surface area contributed by atoms with Crippen molar-refractivity contribution in [1.29, 1.82) is 0 Å². The lowest BCUT2D eigenvalue weighted by atomic mass is 10.2. The lowest BCUT2D eigenvalue weighted by Gasteiger charge is -2.04. The SMILES string of the molecule is COc1ccccc1CN=Cc1ccoc1. The Morgan fingerprint density at radius 2 is 2.19 bits per heavy atom. The summed E-state index contributed by atoms with van der Waals surface area (Å²) in [4.78, 5) is 4.33. The van der Waals surface area contributed by atoms with Gasteiger partial charge in [-0.25, -0.2) is 0 Å². The first-order chi connectivity index (χ1) is 7.90. The van der Waals surface area contributed by atoms with Crippen molar-refractivity contribution in [3.8, 4) is 5.75 Å². The molecule has 0 aliphatic heterocycles. The number of nitrogens with zero attached hydrogens (tertiary/aromatic N) is 1. The zero-order valence-electron chi connectivity index (χ0n) is 9.09. The molecule has 0 fully saturated rings. The highest BCUT2D eigenvalue weighted by molar-refractivity contribution is 5.78. The first-order valence-electron chi connectivity index (χ1n) is 5.04. The van der Waals surface area contributed by atoms with E-state index in [9.17, 15) is 0 Å². The van der Waals surface area contributed by atoms with E-state index in [1.807, 2.05) is 30.3 Å². The quantitative estimate of drug-likeness (QED) is 0.735. The number of hydrogen-bond acceptors (Lipinski definition) is 3. The van der Waals surface area contributed by atoms with E-state index in [0.29, 0.717) is 6.54 Å². The van der Waals surface area contributed by atoms with Crippen LogP contribution in [0.25, 0.3) is 0 Å². The molecule has 0 unspecified atom stereocenters. The van der Waals surface area contributed by atoms with Gasteiger partial charge in [-0.05, 0) is 12.1 Å². The van der Waals surface area contributed by atoms with Gasteiger partial charge in [-0.15, -0.1) is 0 Å². The Labute approximate surface area is 94.4 Å². The van der Waals surface area contributed by atoms with Gasteiger partial charge in [0.05, 0.1) is 26.2 Å². The van der Waals surface area contributed by atoms with Crippen molar-refractivity contribution in [1.82, 2.24) is 0 Å². The van der Waals surface area contributed by atoms with E-state index >= 15 is 0 Å². The van der Waals surface area contributed by atoms with Crippen LogP contribution in [0.3, 0.4) is 0 Å². The average Bonchev–Trinajstić information content (AvgIpc) is 2.83. The maximum absolute atomic E-state index is 5.24. The minimum absolute atomic E-state index is 0.606. The van der Waals surface area contributed by atoms with Crippen LogP contribution >= 0.6 is 0 Å². The van der Waals surface area contributed by atoms with E-state index in [4.69, 9.17) is 9.15 Å². The molecule has 82 valence electrons. The molecule has 0 radical (unpaired) electrons. The maximum Gasteiger partial charge on any atom is 0.123 e. The van der Waals surface area contributed by atoms with E-state index in [0.717, 1.165) is 16.9 Å². The van der Waals surface area contributed by atoms with Crippen LogP contribution in [0.5, 0.6) is 5.75 Å². The van der Waals surface area contributed by atoms with Crippen molar-refractivity contribution in [2.75, 3.05) is 7.11 Å². The molecule has 1 aromatic carbocycles. The average molecular weight is 215 g/mol. The smallest absolute Gasteiger partial charge is 0.123 e. The van der Waals surface area contributed by atoms with Crippen LogP contribution in [0, 0.1) is 0 Å². The summed E-state index contributed by atoms with van der Waals surface area (Å²) >= 11 is 0. The predicted molar refractivity (Wildman–Crippen MR) is 63.0 cm³/mol. The van der Waals surface area contributed by atoms with E-state index in [1.165, 1.54) is 0 Å². The van der Waals surface area contributed by atoms with E-state index < -0.39 is 0 Å². The number of aliphatic imine (C=N–C) groups is 1. The van der Waals surface area contributed by atoms with Crippen LogP contribution in [-0.2, 0) is 6.54 Å².